The molecule has 1 N–H and O–H groups in total. The van der Waals surface area contributed by atoms with Gasteiger partial charge in [0.1, 0.15) is 0 Å². The number of nitrogens with zero attached hydrogens (tertiary/aromatic N) is 1. The molecule has 0 fully saturated rings. The van der Waals surface area contributed by atoms with Gasteiger partial charge in [-0.3, -0.25) is 9.89 Å². The lowest BCUT2D eigenvalue weighted by Crippen LogP contribution is -2.17. The fraction of sp³-hybridized carbons (Fsp3) is 0.500. The van der Waals surface area contributed by atoms with Crippen LogP contribution in [0, 0.1) is 13.8 Å². The van der Waals surface area contributed by atoms with E-state index in [1.807, 2.05) is 6.07 Å². The molecular weight excluding hydrogens is 260 g/mol. The van der Waals surface area contributed by atoms with Crippen molar-refractivity contribution in [3.8, 4) is 5.69 Å². The Labute approximate surface area is 127 Å². The molecular formula is C18H26N2O. The summed E-state index contributed by atoms with van der Waals surface area (Å²) in [5, 5.41) is 3.33. The third-order valence-corrected chi connectivity index (χ3v) is 4.10. The SMILES string of the molecule is CCCCc1c(CCC)[nH]n(-c2ccc(C)c(C)c2)c1=O. The molecule has 0 unspecified atom stereocenters. The summed E-state index contributed by atoms with van der Waals surface area (Å²) in [7, 11) is 0. The molecule has 3 heteroatoms. The molecule has 2 rings (SSSR count). The number of benzene rings is 1. The summed E-state index contributed by atoms with van der Waals surface area (Å²) < 4.78 is 1.71. The summed E-state index contributed by atoms with van der Waals surface area (Å²) in [5.74, 6) is 0. The van der Waals surface area contributed by atoms with Crippen LogP contribution in [-0.2, 0) is 12.8 Å². The molecule has 0 aliphatic carbocycles. The van der Waals surface area contributed by atoms with Gasteiger partial charge in [0.2, 0.25) is 0 Å². The van der Waals surface area contributed by atoms with Crippen molar-refractivity contribution >= 4 is 0 Å². The van der Waals surface area contributed by atoms with Gasteiger partial charge in [-0.25, -0.2) is 4.68 Å². The molecule has 0 amide bonds. The van der Waals surface area contributed by atoms with E-state index in [1.54, 1.807) is 4.68 Å². The van der Waals surface area contributed by atoms with E-state index in [0.29, 0.717) is 0 Å². The van der Waals surface area contributed by atoms with Gasteiger partial charge in [-0.05, 0) is 56.4 Å². The van der Waals surface area contributed by atoms with Crippen LogP contribution in [0.3, 0.4) is 0 Å². The predicted octanol–water partition coefficient (Wildman–Crippen LogP) is 4.08. The standard InChI is InChI=1S/C18H26N2O/c1-5-7-9-16-17(8-6-2)19-20(18(16)21)15-11-10-13(3)14(4)12-15/h10-12,19H,5-9H2,1-4H3. The maximum absolute atomic E-state index is 12.7. The van der Waals surface area contributed by atoms with Crippen LogP contribution in [0.25, 0.3) is 5.69 Å². The van der Waals surface area contributed by atoms with Gasteiger partial charge in [-0.2, -0.15) is 0 Å². The fourth-order valence-electron chi connectivity index (χ4n) is 2.63. The lowest BCUT2D eigenvalue weighted by atomic mass is 10.1. The first-order chi connectivity index (χ1) is 10.1. The van der Waals surface area contributed by atoms with Crippen molar-refractivity contribution in [3.63, 3.8) is 0 Å². The molecule has 0 radical (unpaired) electrons. The quantitative estimate of drug-likeness (QED) is 0.853. The molecule has 0 atom stereocenters. The van der Waals surface area contributed by atoms with Crippen LogP contribution < -0.4 is 5.56 Å². The Balaban J connectivity index is 2.48. The molecule has 114 valence electrons. The highest BCUT2D eigenvalue weighted by Crippen LogP contribution is 2.15. The van der Waals surface area contributed by atoms with E-state index in [9.17, 15) is 4.79 Å². The molecule has 21 heavy (non-hydrogen) atoms. The Morgan fingerprint density at radius 2 is 1.81 bits per heavy atom. The molecule has 1 aromatic heterocycles. The highest BCUT2D eigenvalue weighted by atomic mass is 16.1. The largest absolute Gasteiger partial charge is 0.295 e. The first kappa shape index (κ1) is 15.6. The van der Waals surface area contributed by atoms with Crippen LogP contribution in [0.4, 0.5) is 0 Å². The lowest BCUT2D eigenvalue weighted by Gasteiger charge is -2.05. The highest BCUT2D eigenvalue weighted by molar-refractivity contribution is 5.40. The van der Waals surface area contributed by atoms with Crippen LogP contribution in [0.5, 0.6) is 0 Å². The van der Waals surface area contributed by atoms with Gasteiger partial charge < -0.3 is 0 Å². The summed E-state index contributed by atoms with van der Waals surface area (Å²) in [5.41, 5.74) is 5.59. The van der Waals surface area contributed by atoms with Gasteiger partial charge in [0.25, 0.3) is 5.56 Å². The number of rotatable bonds is 6. The van der Waals surface area contributed by atoms with Crippen molar-refractivity contribution in [1.29, 1.82) is 0 Å². The zero-order valence-electron chi connectivity index (χ0n) is 13.6. The number of hydrogen-bond acceptors (Lipinski definition) is 1. The topological polar surface area (TPSA) is 37.8 Å². The van der Waals surface area contributed by atoms with Crippen molar-refractivity contribution in [3.05, 3.63) is 50.9 Å². The summed E-state index contributed by atoms with van der Waals surface area (Å²) >= 11 is 0. The smallest absolute Gasteiger partial charge is 0.274 e. The van der Waals surface area contributed by atoms with Crippen LogP contribution in [0.15, 0.2) is 23.0 Å². The third-order valence-electron chi connectivity index (χ3n) is 4.10. The van der Waals surface area contributed by atoms with Crippen molar-refractivity contribution in [2.75, 3.05) is 0 Å². The zero-order valence-corrected chi connectivity index (χ0v) is 13.6. The van der Waals surface area contributed by atoms with Crippen LogP contribution in [0.2, 0.25) is 0 Å². The molecule has 0 saturated heterocycles. The minimum atomic E-state index is 0.121. The first-order valence-corrected chi connectivity index (χ1v) is 7.98. The van der Waals surface area contributed by atoms with E-state index in [4.69, 9.17) is 0 Å². The van der Waals surface area contributed by atoms with Crippen molar-refractivity contribution in [1.82, 2.24) is 9.78 Å². The van der Waals surface area contributed by atoms with Crippen molar-refractivity contribution in [2.24, 2.45) is 0 Å². The number of unbranched alkanes of at least 4 members (excludes halogenated alkanes) is 1. The molecule has 0 aliphatic rings. The van der Waals surface area contributed by atoms with E-state index in [0.717, 1.165) is 49.0 Å². The van der Waals surface area contributed by atoms with E-state index in [1.165, 1.54) is 11.1 Å². The summed E-state index contributed by atoms with van der Waals surface area (Å²) in [6.07, 6.45) is 5.04. The second-order valence-electron chi connectivity index (χ2n) is 5.83. The second kappa shape index (κ2) is 6.79. The van der Waals surface area contributed by atoms with Crippen LogP contribution >= 0.6 is 0 Å². The summed E-state index contributed by atoms with van der Waals surface area (Å²) in [6, 6.07) is 6.16. The number of aromatic nitrogens is 2. The molecule has 0 aliphatic heterocycles. The number of H-pyrrole nitrogens is 1. The molecule has 0 spiro atoms. The van der Waals surface area contributed by atoms with Crippen molar-refractivity contribution in [2.45, 2.75) is 59.8 Å². The monoisotopic (exact) mass is 286 g/mol. The first-order valence-electron chi connectivity index (χ1n) is 7.98. The Morgan fingerprint density at radius 3 is 2.43 bits per heavy atom. The van der Waals surface area contributed by atoms with Crippen molar-refractivity contribution < 1.29 is 0 Å². The Hall–Kier alpha value is -1.77. The van der Waals surface area contributed by atoms with Gasteiger partial charge in [-0.15, -0.1) is 0 Å². The predicted molar refractivity (Wildman–Crippen MR) is 88.5 cm³/mol. The minimum Gasteiger partial charge on any atom is -0.295 e. The molecule has 2 aromatic rings. The van der Waals surface area contributed by atoms with Gasteiger partial charge in [0, 0.05) is 11.3 Å². The van der Waals surface area contributed by atoms with Crippen LogP contribution in [-0.4, -0.2) is 9.78 Å². The number of nitrogens with one attached hydrogen (secondary N) is 1. The third kappa shape index (κ3) is 3.29. The molecule has 0 bridgehead atoms. The summed E-state index contributed by atoms with van der Waals surface area (Å²) in [6.45, 7) is 8.48. The van der Waals surface area contributed by atoms with Gasteiger partial charge in [0.15, 0.2) is 0 Å². The molecule has 3 nitrogen and oxygen atoms in total. The van der Waals surface area contributed by atoms with E-state index >= 15 is 0 Å². The lowest BCUT2D eigenvalue weighted by molar-refractivity contribution is 0.773. The van der Waals surface area contributed by atoms with Gasteiger partial charge in [-0.1, -0.05) is 32.8 Å². The normalized spacial score (nSPS) is 11.0. The Kier molecular flexibility index (Phi) is 5.05. The van der Waals surface area contributed by atoms with Gasteiger partial charge in [0.05, 0.1) is 5.69 Å². The number of hydrogen-bond donors (Lipinski definition) is 1. The Bertz CT molecular complexity index is 664. The highest BCUT2D eigenvalue weighted by Gasteiger charge is 2.14. The Morgan fingerprint density at radius 1 is 1.05 bits per heavy atom. The average molecular weight is 286 g/mol. The number of aryl methyl sites for hydroxylation is 3. The maximum Gasteiger partial charge on any atom is 0.274 e. The fourth-order valence-corrected chi connectivity index (χ4v) is 2.63. The molecule has 1 aromatic carbocycles. The van der Waals surface area contributed by atoms with Crippen LogP contribution in [0.1, 0.15) is 55.5 Å². The van der Waals surface area contributed by atoms with E-state index in [-0.39, 0.29) is 5.56 Å². The summed E-state index contributed by atoms with van der Waals surface area (Å²) in [4.78, 5) is 12.7. The molecule has 0 saturated carbocycles. The second-order valence-corrected chi connectivity index (χ2v) is 5.83. The number of aromatic amines is 1. The van der Waals surface area contributed by atoms with E-state index in [2.05, 4.69) is 44.9 Å². The average Bonchev–Trinajstić information content (AvgIpc) is 2.77. The molecule has 1 heterocycles. The van der Waals surface area contributed by atoms with E-state index < -0.39 is 0 Å². The minimum absolute atomic E-state index is 0.121. The van der Waals surface area contributed by atoms with Gasteiger partial charge >= 0.3 is 0 Å². The maximum atomic E-state index is 12.7. The zero-order chi connectivity index (χ0) is 15.4.